The largest absolute Gasteiger partial charge is 0.480 e. The molecule has 0 bridgehead atoms. The summed E-state index contributed by atoms with van der Waals surface area (Å²) in [6.45, 7) is -0.563. The molecule has 0 amide bonds. The number of carboxylic acids is 1. The fraction of sp³-hybridized carbons (Fsp3) is 0.364. The van der Waals surface area contributed by atoms with Gasteiger partial charge < -0.3 is 10.2 Å². The van der Waals surface area contributed by atoms with Crippen molar-refractivity contribution in [3.05, 3.63) is 29.8 Å². The van der Waals surface area contributed by atoms with Gasteiger partial charge in [-0.15, -0.1) is 0 Å². The number of hydrogen-bond donors (Lipinski definition) is 3. The Balaban J connectivity index is 3.00. The minimum atomic E-state index is -4.60. The summed E-state index contributed by atoms with van der Waals surface area (Å²) in [4.78, 5) is 10.3. The summed E-state index contributed by atoms with van der Waals surface area (Å²) >= 11 is 0. The van der Waals surface area contributed by atoms with Gasteiger partial charge in [0.2, 0.25) is 10.0 Å². The van der Waals surface area contributed by atoms with Crippen molar-refractivity contribution in [1.29, 1.82) is 0 Å². The summed E-state index contributed by atoms with van der Waals surface area (Å²) in [6.07, 6.45) is -4.97. The van der Waals surface area contributed by atoms with Gasteiger partial charge in [-0.2, -0.15) is 17.9 Å². The number of rotatable bonds is 6. The van der Waals surface area contributed by atoms with Gasteiger partial charge in [0.15, 0.2) is 0 Å². The molecule has 0 heterocycles. The van der Waals surface area contributed by atoms with E-state index in [4.69, 9.17) is 10.2 Å². The first-order valence-electron chi connectivity index (χ1n) is 5.61. The first kappa shape index (κ1) is 17.4. The maximum Gasteiger partial charge on any atom is 0.416 e. The predicted molar refractivity (Wildman–Crippen MR) is 64.9 cm³/mol. The Morgan fingerprint density at radius 1 is 1.24 bits per heavy atom. The zero-order valence-electron chi connectivity index (χ0n) is 10.5. The average molecular weight is 327 g/mol. The molecule has 3 N–H and O–H groups in total. The number of aliphatic hydroxyl groups is 1. The topological polar surface area (TPSA) is 104 Å². The molecule has 0 radical (unpaired) electrons. The molecule has 10 heteroatoms. The lowest BCUT2D eigenvalue weighted by atomic mass is 10.2. The van der Waals surface area contributed by atoms with E-state index in [2.05, 4.69) is 0 Å². The van der Waals surface area contributed by atoms with E-state index >= 15 is 0 Å². The molecule has 0 aliphatic carbocycles. The number of nitrogens with one attached hydrogen (secondary N) is 1. The number of alkyl halides is 3. The highest BCUT2D eigenvalue weighted by atomic mass is 32.2. The number of aliphatic hydroxyl groups excluding tert-OH is 1. The van der Waals surface area contributed by atoms with Crippen molar-refractivity contribution in [3.63, 3.8) is 0 Å². The van der Waals surface area contributed by atoms with Crippen molar-refractivity contribution >= 4 is 16.0 Å². The van der Waals surface area contributed by atoms with E-state index in [9.17, 15) is 26.4 Å². The SMILES string of the molecule is O=C(O)C(CCO)NS(=O)(=O)c1ccc(C(F)(F)F)cc1. The van der Waals surface area contributed by atoms with Crippen LogP contribution in [0.3, 0.4) is 0 Å². The lowest BCUT2D eigenvalue weighted by Gasteiger charge is -2.14. The van der Waals surface area contributed by atoms with Gasteiger partial charge in [-0.3, -0.25) is 4.79 Å². The lowest BCUT2D eigenvalue weighted by molar-refractivity contribution is -0.139. The van der Waals surface area contributed by atoms with E-state index in [1.807, 2.05) is 0 Å². The van der Waals surface area contributed by atoms with E-state index < -0.39 is 45.3 Å². The van der Waals surface area contributed by atoms with Crippen molar-refractivity contribution in [1.82, 2.24) is 4.72 Å². The van der Waals surface area contributed by atoms with Crippen LogP contribution in [-0.4, -0.2) is 37.2 Å². The number of sulfonamides is 1. The van der Waals surface area contributed by atoms with Gasteiger partial charge in [0.25, 0.3) is 0 Å². The standard InChI is InChI=1S/C11H12F3NO5S/c12-11(13,14)7-1-3-8(4-2-7)21(19,20)15-9(5-6-16)10(17)18/h1-4,9,15-16H,5-6H2,(H,17,18). The van der Waals surface area contributed by atoms with Gasteiger partial charge >= 0.3 is 12.1 Å². The van der Waals surface area contributed by atoms with Gasteiger partial charge in [-0.25, -0.2) is 8.42 Å². The monoisotopic (exact) mass is 327 g/mol. The van der Waals surface area contributed by atoms with Gasteiger partial charge in [-0.05, 0) is 30.7 Å². The van der Waals surface area contributed by atoms with Crippen LogP contribution in [0, 0.1) is 0 Å². The van der Waals surface area contributed by atoms with Gasteiger partial charge in [0.05, 0.1) is 10.5 Å². The van der Waals surface area contributed by atoms with E-state index in [0.717, 1.165) is 12.1 Å². The molecule has 0 spiro atoms. The fourth-order valence-corrected chi connectivity index (χ4v) is 2.66. The molecule has 0 saturated heterocycles. The first-order valence-corrected chi connectivity index (χ1v) is 7.09. The minimum absolute atomic E-state index is 0.366. The highest BCUT2D eigenvalue weighted by molar-refractivity contribution is 7.89. The predicted octanol–water partition coefficient (Wildman–Crippen LogP) is 0.819. The minimum Gasteiger partial charge on any atom is -0.480 e. The number of carbonyl (C=O) groups is 1. The molecule has 0 aliphatic heterocycles. The third-order valence-corrected chi connectivity index (χ3v) is 3.99. The molecule has 6 nitrogen and oxygen atoms in total. The van der Waals surface area contributed by atoms with E-state index in [1.54, 1.807) is 4.72 Å². The highest BCUT2D eigenvalue weighted by Gasteiger charge is 2.31. The third-order valence-electron chi connectivity index (χ3n) is 2.51. The second-order valence-corrected chi connectivity index (χ2v) is 5.76. The molecule has 1 atom stereocenters. The van der Waals surface area contributed by atoms with Crippen molar-refractivity contribution in [2.45, 2.75) is 23.5 Å². The number of halogens is 3. The van der Waals surface area contributed by atoms with Crippen LogP contribution in [-0.2, 0) is 21.0 Å². The summed E-state index contributed by atoms with van der Waals surface area (Å²) in [5.41, 5.74) is -1.02. The Morgan fingerprint density at radius 2 is 1.76 bits per heavy atom. The van der Waals surface area contributed by atoms with Crippen LogP contribution in [0.2, 0.25) is 0 Å². The Kier molecular flexibility index (Phi) is 5.31. The zero-order chi connectivity index (χ0) is 16.3. The van der Waals surface area contributed by atoms with E-state index in [1.165, 1.54) is 0 Å². The first-order chi connectivity index (χ1) is 9.58. The Bertz CT molecular complexity index is 597. The van der Waals surface area contributed by atoms with E-state index in [0.29, 0.717) is 12.1 Å². The molecule has 0 aromatic heterocycles. The summed E-state index contributed by atoms with van der Waals surface area (Å²) in [7, 11) is -4.30. The summed E-state index contributed by atoms with van der Waals surface area (Å²) in [5.74, 6) is -1.50. The smallest absolute Gasteiger partial charge is 0.416 e. The maximum atomic E-state index is 12.4. The Hall–Kier alpha value is -1.65. The average Bonchev–Trinajstić information content (AvgIpc) is 2.37. The van der Waals surface area contributed by atoms with Crippen molar-refractivity contribution in [3.8, 4) is 0 Å². The van der Waals surface area contributed by atoms with Crippen molar-refractivity contribution in [2.75, 3.05) is 6.61 Å². The number of benzene rings is 1. The van der Waals surface area contributed by atoms with Gasteiger partial charge in [0.1, 0.15) is 6.04 Å². The summed E-state index contributed by atoms with van der Waals surface area (Å²) in [6, 6.07) is 1.04. The van der Waals surface area contributed by atoms with Crippen molar-refractivity contribution in [2.24, 2.45) is 0 Å². The Labute approximate surface area is 118 Å². The van der Waals surface area contributed by atoms with E-state index in [-0.39, 0.29) is 6.42 Å². The second kappa shape index (κ2) is 6.41. The van der Waals surface area contributed by atoms with Crippen LogP contribution in [0.25, 0.3) is 0 Å². The second-order valence-electron chi connectivity index (χ2n) is 4.05. The molecule has 21 heavy (non-hydrogen) atoms. The van der Waals surface area contributed by atoms with Crippen LogP contribution in [0.5, 0.6) is 0 Å². The molecule has 1 rings (SSSR count). The number of carboxylic acid groups (broad SMARTS) is 1. The van der Waals surface area contributed by atoms with Crippen LogP contribution < -0.4 is 4.72 Å². The molecule has 0 saturated carbocycles. The van der Waals surface area contributed by atoms with Gasteiger partial charge in [-0.1, -0.05) is 0 Å². The molecule has 118 valence electrons. The summed E-state index contributed by atoms with van der Waals surface area (Å²) in [5, 5.41) is 17.4. The van der Waals surface area contributed by atoms with Crippen molar-refractivity contribution < 1.29 is 36.6 Å². The summed E-state index contributed by atoms with van der Waals surface area (Å²) < 4.78 is 62.6. The molecular weight excluding hydrogens is 315 g/mol. The van der Waals surface area contributed by atoms with Crippen LogP contribution in [0.4, 0.5) is 13.2 Å². The lowest BCUT2D eigenvalue weighted by Crippen LogP contribution is -2.41. The highest BCUT2D eigenvalue weighted by Crippen LogP contribution is 2.29. The molecule has 1 unspecified atom stereocenters. The third kappa shape index (κ3) is 4.69. The zero-order valence-corrected chi connectivity index (χ0v) is 11.3. The van der Waals surface area contributed by atoms with Gasteiger partial charge in [0, 0.05) is 6.61 Å². The molecular formula is C11H12F3NO5S. The van der Waals surface area contributed by atoms with Crippen LogP contribution in [0.15, 0.2) is 29.2 Å². The normalized spacial score (nSPS) is 13.9. The molecule has 0 aliphatic rings. The molecule has 1 aromatic carbocycles. The number of hydrogen-bond acceptors (Lipinski definition) is 4. The van der Waals surface area contributed by atoms with Crippen LogP contribution >= 0.6 is 0 Å². The fourth-order valence-electron chi connectivity index (χ4n) is 1.44. The Morgan fingerprint density at radius 3 is 2.14 bits per heavy atom. The maximum absolute atomic E-state index is 12.4. The molecule has 0 fully saturated rings. The van der Waals surface area contributed by atoms with Crippen LogP contribution in [0.1, 0.15) is 12.0 Å². The molecule has 1 aromatic rings. The number of aliphatic carboxylic acids is 1. The quantitative estimate of drug-likeness (QED) is 0.718.